The largest absolute Gasteiger partial charge is 0.478 e. The summed E-state index contributed by atoms with van der Waals surface area (Å²) in [5.41, 5.74) is 4.48. The van der Waals surface area contributed by atoms with Crippen LogP contribution in [0, 0.1) is 13.8 Å². The molecular weight excluding hydrogens is 448 g/mol. The van der Waals surface area contributed by atoms with Crippen molar-refractivity contribution < 1.29 is 19.2 Å². The molecule has 0 fully saturated rings. The molecule has 0 atom stereocenters. The number of fused-ring (bicyclic) bond motifs is 1. The lowest BCUT2D eigenvalue weighted by molar-refractivity contribution is -0.152. The zero-order valence-corrected chi connectivity index (χ0v) is 21.2. The van der Waals surface area contributed by atoms with Gasteiger partial charge in [-0.3, -0.25) is 0 Å². The monoisotopic (exact) mass is 478 g/mol. The number of carboxylic acids is 1. The van der Waals surface area contributed by atoms with E-state index in [9.17, 15) is 9.90 Å². The number of aromatic nitrogens is 2. The topological polar surface area (TPSA) is 85.5 Å². The molecule has 0 amide bonds. The van der Waals surface area contributed by atoms with Gasteiger partial charge in [0.05, 0.1) is 11.4 Å². The van der Waals surface area contributed by atoms with Crippen molar-refractivity contribution in [3.8, 4) is 16.3 Å². The Balaban J connectivity index is 1.58. The number of aryl methyl sites for hydroxylation is 4. The van der Waals surface area contributed by atoms with Crippen molar-refractivity contribution in [2.24, 2.45) is 0 Å². The third-order valence-electron chi connectivity index (χ3n) is 5.88. The van der Waals surface area contributed by atoms with Crippen LogP contribution in [0.5, 0.6) is 5.75 Å². The second-order valence-electron chi connectivity index (χ2n) is 9.51. The minimum absolute atomic E-state index is 0.332. The van der Waals surface area contributed by atoms with Crippen LogP contribution >= 0.6 is 11.3 Å². The van der Waals surface area contributed by atoms with Gasteiger partial charge in [-0.05, 0) is 58.1 Å². The molecule has 0 aliphatic rings. The first-order valence-corrected chi connectivity index (χ1v) is 12.2. The molecule has 0 aliphatic heterocycles. The van der Waals surface area contributed by atoms with Gasteiger partial charge >= 0.3 is 5.97 Å². The van der Waals surface area contributed by atoms with Crippen molar-refractivity contribution in [1.82, 2.24) is 10.1 Å². The van der Waals surface area contributed by atoms with Crippen LogP contribution in [0.4, 0.5) is 0 Å². The average Bonchev–Trinajstić information content (AvgIpc) is 3.37. The summed E-state index contributed by atoms with van der Waals surface area (Å²) in [5, 5.41) is 15.7. The number of hydrogen-bond donors (Lipinski definition) is 1. The standard InChI is InChI=1S/C27H30N2O4S/c1-15(2)24-23(34-25(28-24)18-9-7-16(3)8-10-18)12-11-20-19-13-17(4)21(14-22(19)33-29-20)32-27(5,6)26(30)31/h7-10,13-15H,11-12H2,1-6H3,(H,30,31). The maximum Gasteiger partial charge on any atom is 0.347 e. The minimum atomic E-state index is -1.34. The smallest absolute Gasteiger partial charge is 0.347 e. The third kappa shape index (κ3) is 4.85. The van der Waals surface area contributed by atoms with Crippen molar-refractivity contribution in [3.63, 3.8) is 0 Å². The summed E-state index contributed by atoms with van der Waals surface area (Å²) >= 11 is 1.74. The van der Waals surface area contributed by atoms with Crippen LogP contribution in [0.15, 0.2) is 40.9 Å². The van der Waals surface area contributed by atoms with Gasteiger partial charge in [0.2, 0.25) is 0 Å². The lowest BCUT2D eigenvalue weighted by Crippen LogP contribution is -2.38. The number of thiazole rings is 1. The van der Waals surface area contributed by atoms with Gasteiger partial charge in [-0.15, -0.1) is 11.3 Å². The molecule has 178 valence electrons. The molecule has 34 heavy (non-hydrogen) atoms. The molecule has 0 unspecified atom stereocenters. The van der Waals surface area contributed by atoms with E-state index >= 15 is 0 Å². The summed E-state index contributed by atoms with van der Waals surface area (Å²) in [6, 6.07) is 12.2. The lowest BCUT2D eigenvalue weighted by atomic mass is 10.0. The molecule has 7 heteroatoms. The third-order valence-corrected chi connectivity index (χ3v) is 7.06. The van der Waals surface area contributed by atoms with Crippen molar-refractivity contribution >= 4 is 28.3 Å². The fraction of sp³-hybridized carbons (Fsp3) is 0.370. The van der Waals surface area contributed by atoms with E-state index in [-0.39, 0.29) is 0 Å². The van der Waals surface area contributed by atoms with Crippen LogP contribution in [0.2, 0.25) is 0 Å². The Bertz CT molecular complexity index is 1330. The summed E-state index contributed by atoms with van der Waals surface area (Å²) in [6.07, 6.45) is 1.55. The van der Waals surface area contributed by atoms with Crippen molar-refractivity contribution in [2.75, 3.05) is 0 Å². The van der Waals surface area contributed by atoms with Crippen LogP contribution in [0.25, 0.3) is 21.5 Å². The molecule has 4 aromatic rings. The molecule has 0 spiro atoms. The van der Waals surface area contributed by atoms with E-state index in [1.807, 2.05) is 13.0 Å². The van der Waals surface area contributed by atoms with Gasteiger partial charge in [-0.25, -0.2) is 9.78 Å². The normalized spacial score (nSPS) is 12.0. The van der Waals surface area contributed by atoms with Crippen molar-refractivity contribution in [2.45, 2.75) is 65.9 Å². The highest BCUT2D eigenvalue weighted by Crippen LogP contribution is 2.34. The number of carboxylic acid groups (broad SMARTS) is 1. The highest BCUT2D eigenvalue weighted by Gasteiger charge is 2.30. The van der Waals surface area contributed by atoms with E-state index in [1.54, 1.807) is 17.4 Å². The lowest BCUT2D eigenvalue weighted by Gasteiger charge is -2.22. The highest BCUT2D eigenvalue weighted by atomic mass is 32.1. The minimum Gasteiger partial charge on any atom is -0.478 e. The zero-order valence-electron chi connectivity index (χ0n) is 20.4. The van der Waals surface area contributed by atoms with E-state index in [2.05, 4.69) is 50.2 Å². The van der Waals surface area contributed by atoms with Gasteiger partial charge in [0.1, 0.15) is 10.8 Å². The molecule has 2 aromatic carbocycles. The fourth-order valence-electron chi connectivity index (χ4n) is 3.78. The van der Waals surface area contributed by atoms with Gasteiger partial charge in [0.15, 0.2) is 11.2 Å². The van der Waals surface area contributed by atoms with Crippen molar-refractivity contribution in [3.05, 3.63) is 63.8 Å². The van der Waals surface area contributed by atoms with Crippen LogP contribution < -0.4 is 4.74 Å². The van der Waals surface area contributed by atoms with Gasteiger partial charge in [-0.2, -0.15) is 0 Å². The van der Waals surface area contributed by atoms with E-state index in [0.29, 0.717) is 17.3 Å². The Morgan fingerprint density at radius 2 is 1.85 bits per heavy atom. The van der Waals surface area contributed by atoms with Gasteiger partial charge in [0, 0.05) is 21.9 Å². The molecule has 1 N–H and O–H groups in total. The van der Waals surface area contributed by atoms with Gasteiger partial charge in [0.25, 0.3) is 0 Å². The Morgan fingerprint density at radius 1 is 1.15 bits per heavy atom. The SMILES string of the molecule is Cc1ccc(-c2nc(C(C)C)c(CCc3noc4cc(OC(C)(C)C(=O)O)c(C)cc34)s2)cc1. The summed E-state index contributed by atoms with van der Waals surface area (Å²) in [6.45, 7) is 11.4. The predicted molar refractivity (Wildman–Crippen MR) is 135 cm³/mol. The summed E-state index contributed by atoms with van der Waals surface area (Å²) in [7, 11) is 0. The van der Waals surface area contributed by atoms with E-state index in [4.69, 9.17) is 14.2 Å². The molecule has 0 bridgehead atoms. The van der Waals surface area contributed by atoms with E-state index in [1.165, 1.54) is 24.3 Å². The number of nitrogens with zero attached hydrogens (tertiary/aromatic N) is 2. The summed E-state index contributed by atoms with van der Waals surface area (Å²) in [5.74, 6) is -0.213. The average molecular weight is 479 g/mol. The fourth-order valence-corrected chi connectivity index (χ4v) is 5.00. The Hall–Kier alpha value is -3.19. The first-order chi connectivity index (χ1) is 16.0. The molecule has 2 aromatic heterocycles. The molecule has 0 radical (unpaired) electrons. The molecule has 4 rings (SSSR count). The Labute approximate surface area is 203 Å². The number of benzene rings is 2. The zero-order chi connectivity index (χ0) is 24.6. The molecule has 0 saturated carbocycles. The number of ether oxygens (including phenoxy) is 1. The number of rotatable bonds is 8. The number of aliphatic carboxylic acids is 1. The summed E-state index contributed by atoms with van der Waals surface area (Å²) < 4.78 is 11.3. The first kappa shape index (κ1) is 24.0. The second kappa shape index (κ2) is 9.22. The molecule has 2 heterocycles. The van der Waals surface area contributed by atoms with Gasteiger partial charge in [-0.1, -0.05) is 48.8 Å². The van der Waals surface area contributed by atoms with E-state index in [0.717, 1.165) is 45.8 Å². The van der Waals surface area contributed by atoms with Crippen LogP contribution in [-0.4, -0.2) is 26.8 Å². The quantitative estimate of drug-likeness (QED) is 0.303. The second-order valence-corrected chi connectivity index (χ2v) is 10.6. The number of hydrogen-bond acceptors (Lipinski definition) is 6. The van der Waals surface area contributed by atoms with Crippen LogP contribution in [0.3, 0.4) is 0 Å². The van der Waals surface area contributed by atoms with Crippen molar-refractivity contribution in [1.29, 1.82) is 0 Å². The molecular formula is C27H30N2O4S. The van der Waals surface area contributed by atoms with Gasteiger partial charge < -0.3 is 14.4 Å². The summed E-state index contributed by atoms with van der Waals surface area (Å²) in [4.78, 5) is 17.7. The van der Waals surface area contributed by atoms with E-state index < -0.39 is 11.6 Å². The Kier molecular flexibility index (Phi) is 6.49. The van der Waals surface area contributed by atoms with Crippen LogP contribution in [0.1, 0.15) is 61.0 Å². The maximum absolute atomic E-state index is 11.4. The molecule has 0 saturated heterocycles. The Morgan fingerprint density at radius 3 is 2.50 bits per heavy atom. The highest BCUT2D eigenvalue weighted by molar-refractivity contribution is 7.15. The maximum atomic E-state index is 11.4. The first-order valence-electron chi connectivity index (χ1n) is 11.4. The van der Waals surface area contributed by atoms with Crippen LogP contribution in [-0.2, 0) is 17.6 Å². The predicted octanol–water partition coefficient (Wildman–Crippen LogP) is 6.72. The number of carbonyl (C=O) groups is 1. The molecule has 6 nitrogen and oxygen atoms in total. The molecule has 0 aliphatic carbocycles.